The van der Waals surface area contributed by atoms with Crippen molar-refractivity contribution in [3.8, 4) is 5.75 Å². The summed E-state index contributed by atoms with van der Waals surface area (Å²) >= 11 is 1.02. The number of carbonyl (C=O) groups is 3. The van der Waals surface area contributed by atoms with Crippen LogP contribution in [-0.2, 0) is 11.2 Å². The molecule has 3 amide bonds. The maximum atomic E-state index is 12.5. The zero-order valence-corrected chi connectivity index (χ0v) is 16.0. The fourth-order valence-electron chi connectivity index (χ4n) is 3.20. The maximum absolute atomic E-state index is 12.5. The van der Waals surface area contributed by atoms with E-state index in [1.165, 1.54) is 0 Å². The standard InChI is InChI=1S/C20H19N3O4S/c1-23-17(21-15-5-3-2-4-14(15)19(23)25)11-27-13-8-6-12(7-9-13)10-16-18(24)22-20(26)28-16/h2-9,16-17,21H,10-11H2,1H3,(H,22,24,26)/t16-,17-/m1/s1. The number of thioether (sulfide) groups is 1. The molecule has 0 saturated carbocycles. The molecule has 2 N–H and O–H groups in total. The van der Waals surface area contributed by atoms with Crippen molar-refractivity contribution >= 4 is 34.5 Å². The number of para-hydroxylation sites is 1. The topological polar surface area (TPSA) is 87.7 Å². The number of amides is 3. The Bertz CT molecular complexity index is 931. The van der Waals surface area contributed by atoms with E-state index >= 15 is 0 Å². The van der Waals surface area contributed by atoms with E-state index in [0.29, 0.717) is 24.3 Å². The largest absolute Gasteiger partial charge is 0.489 e. The predicted molar refractivity (Wildman–Crippen MR) is 107 cm³/mol. The summed E-state index contributed by atoms with van der Waals surface area (Å²) in [6, 6.07) is 14.8. The number of fused-ring (bicyclic) bond motifs is 1. The van der Waals surface area contributed by atoms with E-state index in [0.717, 1.165) is 23.0 Å². The van der Waals surface area contributed by atoms with Crippen LogP contribution in [0, 0.1) is 0 Å². The van der Waals surface area contributed by atoms with Crippen molar-refractivity contribution in [1.29, 1.82) is 0 Å². The molecule has 0 unspecified atom stereocenters. The number of hydrogen-bond acceptors (Lipinski definition) is 6. The second-order valence-electron chi connectivity index (χ2n) is 6.66. The number of benzene rings is 2. The number of rotatable bonds is 5. The lowest BCUT2D eigenvalue weighted by molar-refractivity contribution is -0.118. The van der Waals surface area contributed by atoms with Gasteiger partial charge >= 0.3 is 0 Å². The fourth-order valence-corrected chi connectivity index (χ4v) is 4.06. The van der Waals surface area contributed by atoms with Gasteiger partial charge in [0.15, 0.2) is 0 Å². The summed E-state index contributed by atoms with van der Waals surface area (Å²) in [4.78, 5) is 37.0. The number of carbonyl (C=O) groups excluding carboxylic acids is 3. The van der Waals surface area contributed by atoms with Crippen molar-refractivity contribution in [1.82, 2.24) is 10.2 Å². The zero-order valence-electron chi connectivity index (χ0n) is 15.2. The van der Waals surface area contributed by atoms with Gasteiger partial charge in [0, 0.05) is 12.7 Å². The SMILES string of the molecule is CN1C(=O)c2ccccc2N[C@H]1COc1ccc(C[C@H]2SC(=O)NC2=O)cc1. The van der Waals surface area contributed by atoms with Gasteiger partial charge in [0.05, 0.1) is 10.8 Å². The summed E-state index contributed by atoms with van der Waals surface area (Å²) in [5.41, 5.74) is 2.40. The Labute approximate surface area is 166 Å². The first-order valence-electron chi connectivity index (χ1n) is 8.87. The van der Waals surface area contributed by atoms with E-state index in [2.05, 4.69) is 10.6 Å². The Morgan fingerprint density at radius 1 is 1.07 bits per heavy atom. The van der Waals surface area contributed by atoms with Crippen LogP contribution in [0.25, 0.3) is 0 Å². The van der Waals surface area contributed by atoms with Crippen molar-refractivity contribution in [2.45, 2.75) is 17.8 Å². The van der Waals surface area contributed by atoms with Gasteiger partial charge in [-0.25, -0.2) is 0 Å². The minimum Gasteiger partial charge on any atom is -0.489 e. The highest BCUT2D eigenvalue weighted by Gasteiger charge is 2.31. The zero-order chi connectivity index (χ0) is 19.7. The van der Waals surface area contributed by atoms with Crippen LogP contribution >= 0.6 is 11.8 Å². The first-order valence-corrected chi connectivity index (χ1v) is 9.75. The monoisotopic (exact) mass is 397 g/mol. The third-order valence-corrected chi connectivity index (χ3v) is 5.77. The van der Waals surface area contributed by atoms with Crippen molar-refractivity contribution in [3.05, 3.63) is 59.7 Å². The van der Waals surface area contributed by atoms with Gasteiger partial charge in [-0.15, -0.1) is 0 Å². The Morgan fingerprint density at radius 2 is 1.82 bits per heavy atom. The Morgan fingerprint density at radius 3 is 2.54 bits per heavy atom. The molecular formula is C20H19N3O4S. The molecule has 0 aromatic heterocycles. The summed E-state index contributed by atoms with van der Waals surface area (Å²) in [5, 5.41) is 4.93. The van der Waals surface area contributed by atoms with Gasteiger partial charge in [-0.2, -0.15) is 0 Å². The number of anilines is 1. The average molecular weight is 397 g/mol. The molecule has 2 heterocycles. The van der Waals surface area contributed by atoms with Crippen molar-refractivity contribution in [2.75, 3.05) is 19.0 Å². The molecule has 4 rings (SSSR count). The molecule has 1 saturated heterocycles. The van der Waals surface area contributed by atoms with Gasteiger partial charge in [-0.1, -0.05) is 36.0 Å². The lowest BCUT2D eigenvalue weighted by Crippen LogP contribution is -2.49. The number of imide groups is 1. The minimum absolute atomic E-state index is 0.0415. The van der Waals surface area contributed by atoms with E-state index in [4.69, 9.17) is 4.74 Å². The van der Waals surface area contributed by atoms with Crippen LogP contribution in [0.1, 0.15) is 15.9 Å². The van der Waals surface area contributed by atoms with Gasteiger partial charge in [0.1, 0.15) is 18.5 Å². The van der Waals surface area contributed by atoms with Crippen LogP contribution in [-0.4, -0.2) is 47.0 Å². The van der Waals surface area contributed by atoms with Gasteiger partial charge in [-0.3, -0.25) is 19.7 Å². The van der Waals surface area contributed by atoms with Crippen LogP contribution in [0.2, 0.25) is 0 Å². The third-order valence-electron chi connectivity index (χ3n) is 4.79. The first-order chi connectivity index (χ1) is 13.5. The molecule has 1 fully saturated rings. The fraction of sp³-hybridized carbons (Fsp3) is 0.250. The molecule has 0 spiro atoms. The van der Waals surface area contributed by atoms with Crippen LogP contribution in [0.4, 0.5) is 10.5 Å². The van der Waals surface area contributed by atoms with E-state index in [9.17, 15) is 14.4 Å². The van der Waals surface area contributed by atoms with E-state index < -0.39 is 0 Å². The van der Waals surface area contributed by atoms with Crippen molar-refractivity contribution in [3.63, 3.8) is 0 Å². The van der Waals surface area contributed by atoms with Gasteiger partial charge in [0.2, 0.25) is 5.91 Å². The molecule has 2 atom stereocenters. The highest BCUT2D eigenvalue weighted by atomic mass is 32.2. The minimum atomic E-state index is -0.384. The molecule has 2 aliphatic heterocycles. The highest BCUT2D eigenvalue weighted by Crippen LogP contribution is 2.26. The molecule has 2 aromatic carbocycles. The summed E-state index contributed by atoms with van der Waals surface area (Å²) in [7, 11) is 1.74. The Hall–Kier alpha value is -3.00. The Balaban J connectivity index is 1.36. The molecule has 0 radical (unpaired) electrons. The van der Waals surface area contributed by atoms with Crippen molar-refractivity contribution in [2.24, 2.45) is 0 Å². The molecule has 8 heteroatoms. The van der Waals surface area contributed by atoms with Crippen LogP contribution in [0.3, 0.4) is 0 Å². The number of ether oxygens (including phenoxy) is 1. The molecule has 28 heavy (non-hydrogen) atoms. The highest BCUT2D eigenvalue weighted by molar-refractivity contribution is 8.15. The summed E-state index contributed by atoms with van der Waals surface area (Å²) in [6.45, 7) is 0.297. The quantitative estimate of drug-likeness (QED) is 0.806. The normalized spacial score (nSPS) is 21.2. The van der Waals surface area contributed by atoms with E-state index in [-0.39, 0.29) is 28.5 Å². The van der Waals surface area contributed by atoms with Gasteiger partial charge < -0.3 is 15.0 Å². The smallest absolute Gasteiger partial charge is 0.286 e. The average Bonchev–Trinajstić information content (AvgIpc) is 3.01. The maximum Gasteiger partial charge on any atom is 0.286 e. The summed E-state index contributed by atoms with van der Waals surface area (Å²) in [6.07, 6.45) is 0.215. The van der Waals surface area contributed by atoms with Crippen LogP contribution in [0.15, 0.2) is 48.5 Å². The molecule has 0 bridgehead atoms. The molecule has 0 aliphatic carbocycles. The lowest BCUT2D eigenvalue weighted by Gasteiger charge is -2.35. The van der Waals surface area contributed by atoms with Gasteiger partial charge in [-0.05, 0) is 36.2 Å². The summed E-state index contributed by atoms with van der Waals surface area (Å²) in [5.74, 6) is 0.386. The molecule has 7 nitrogen and oxygen atoms in total. The van der Waals surface area contributed by atoms with E-state index in [1.807, 2.05) is 42.5 Å². The number of nitrogens with zero attached hydrogens (tertiary/aromatic N) is 1. The second kappa shape index (κ2) is 7.55. The van der Waals surface area contributed by atoms with E-state index in [1.54, 1.807) is 18.0 Å². The lowest BCUT2D eigenvalue weighted by atomic mass is 10.1. The third kappa shape index (κ3) is 3.68. The molecule has 144 valence electrons. The number of nitrogens with one attached hydrogen (secondary N) is 2. The van der Waals surface area contributed by atoms with Crippen LogP contribution in [0.5, 0.6) is 5.75 Å². The number of likely N-dealkylation sites (N-methyl/N-ethyl adjacent to an activating group) is 1. The second-order valence-corrected chi connectivity index (χ2v) is 7.84. The van der Waals surface area contributed by atoms with Gasteiger partial charge in [0.25, 0.3) is 11.1 Å². The summed E-state index contributed by atoms with van der Waals surface area (Å²) < 4.78 is 5.85. The first kappa shape index (κ1) is 18.4. The molecule has 2 aromatic rings. The van der Waals surface area contributed by atoms with Crippen molar-refractivity contribution < 1.29 is 19.1 Å². The molecular weight excluding hydrogens is 378 g/mol. The number of hydrogen-bond donors (Lipinski definition) is 2. The predicted octanol–water partition coefficient (Wildman–Crippen LogP) is 2.48. The molecule has 2 aliphatic rings. The van der Waals surface area contributed by atoms with Crippen LogP contribution < -0.4 is 15.4 Å². The Kier molecular flexibility index (Phi) is 4.95.